The van der Waals surface area contributed by atoms with Gasteiger partial charge in [-0.05, 0) is 70.1 Å². The molecule has 0 bridgehead atoms. The first kappa shape index (κ1) is 11.6. The van der Waals surface area contributed by atoms with E-state index in [1.54, 1.807) is 0 Å². The van der Waals surface area contributed by atoms with Crippen LogP contribution in [-0.2, 0) is 0 Å². The standard InChI is InChI=1S/C20H12N2/c1-3-13-7-15-9-18-12-20-14(4-2-6-22-20)8-16(18)10-17(15)11-19(13)21-5-1/h1-12H. The van der Waals surface area contributed by atoms with Crippen LogP contribution >= 0.6 is 0 Å². The number of pyridine rings is 2. The maximum atomic E-state index is 4.45. The van der Waals surface area contributed by atoms with E-state index in [-0.39, 0.29) is 0 Å². The summed E-state index contributed by atoms with van der Waals surface area (Å²) in [6, 6.07) is 21.4. The Morgan fingerprint density at radius 2 is 0.864 bits per heavy atom. The zero-order valence-electron chi connectivity index (χ0n) is 11.8. The molecular formula is C20H12N2. The highest BCUT2D eigenvalue weighted by Gasteiger charge is 2.03. The van der Waals surface area contributed by atoms with E-state index >= 15 is 0 Å². The summed E-state index contributed by atoms with van der Waals surface area (Å²) in [4.78, 5) is 8.90. The van der Waals surface area contributed by atoms with Gasteiger partial charge in [0.2, 0.25) is 0 Å². The summed E-state index contributed by atoms with van der Waals surface area (Å²) in [5, 5.41) is 7.27. The normalized spacial score (nSPS) is 11.6. The highest BCUT2D eigenvalue weighted by Crippen LogP contribution is 2.28. The Morgan fingerprint density at radius 3 is 1.36 bits per heavy atom. The quantitative estimate of drug-likeness (QED) is 0.369. The van der Waals surface area contributed by atoms with Crippen molar-refractivity contribution in [2.45, 2.75) is 0 Å². The molecule has 0 atom stereocenters. The Morgan fingerprint density at radius 1 is 0.455 bits per heavy atom. The molecule has 22 heavy (non-hydrogen) atoms. The molecule has 2 aromatic heterocycles. The Hall–Kier alpha value is -3.00. The lowest BCUT2D eigenvalue weighted by Crippen LogP contribution is -1.83. The number of hydrogen-bond acceptors (Lipinski definition) is 2. The van der Waals surface area contributed by atoms with Gasteiger partial charge in [-0.15, -0.1) is 0 Å². The smallest absolute Gasteiger partial charge is 0.0708 e. The summed E-state index contributed by atoms with van der Waals surface area (Å²) >= 11 is 0. The van der Waals surface area contributed by atoms with Crippen molar-refractivity contribution in [2.24, 2.45) is 0 Å². The molecule has 0 unspecified atom stereocenters. The van der Waals surface area contributed by atoms with Gasteiger partial charge in [-0.1, -0.05) is 12.1 Å². The van der Waals surface area contributed by atoms with Crippen LogP contribution in [0.3, 0.4) is 0 Å². The van der Waals surface area contributed by atoms with Gasteiger partial charge >= 0.3 is 0 Å². The molecule has 0 aliphatic heterocycles. The Kier molecular flexibility index (Phi) is 2.25. The number of fused-ring (bicyclic) bond motifs is 4. The van der Waals surface area contributed by atoms with Gasteiger partial charge in [0.15, 0.2) is 0 Å². The van der Waals surface area contributed by atoms with Crippen LogP contribution < -0.4 is 0 Å². The van der Waals surface area contributed by atoms with Crippen molar-refractivity contribution < 1.29 is 0 Å². The van der Waals surface area contributed by atoms with Gasteiger partial charge < -0.3 is 0 Å². The molecule has 0 radical (unpaired) electrons. The van der Waals surface area contributed by atoms with Crippen molar-refractivity contribution in [3.8, 4) is 0 Å². The third-order valence-corrected chi connectivity index (χ3v) is 4.24. The predicted octanol–water partition coefficient (Wildman–Crippen LogP) is 5.09. The van der Waals surface area contributed by atoms with Crippen molar-refractivity contribution in [3.05, 3.63) is 73.1 Å². The number of rotatable bonds is 0. The molecule has 5 aromatic rings. The van der Waals surface area contributed by atoms with Crippen LogP contribution in [0, 0.1) is 0 Å². The molecule has 2 heterocycles. The first-order valence-electron chi connectivity index (χ1n) is 7.34. The van der Waals surface area contributed by atoms with E-state index in [2.05, 4.69) is 58.5 Å². The maximum absolute atomic E-state index is 4.45. The second-order valence-electron chi connectivity index (χ2n) is 5.64. The molecule has 0 saturated heterocycles. The second kappa shape index (κ2) is 4.25. The van der Waals surface area contributed by atoms with Crippen molar-refractivity contribution in [3.63, 3.8) is 0 Å². The molecule has 3 aromatic carbocycles. The number of benzene rings is 3. The zero-order valence-corrected chi connectivity index (χ0v) is 11.8. The van der Waals surface area contributed by atoms with Gasteiger partial charge in [0.1, 0.15) is 0 Å². The molecule has 102 valence electrons. The monoisotopic (exact) mass is 280 g/mol. The van der Waals surface area contributed by atoms with Gasteiger partial charge in [-0.25, -0.2) is 0 Å². The van der Waals surface area contributed by atoms with Gasteiger partial charge in [-0.3, -0.25) is 9.97 Å². The summed E-state index contributed by atoms with van der Waals surface area (Å²) < 4.78 is 0. The predicted molar refractivity (Wildman–Crippen MR) is 92.1 cm³/mol. The minimum atomic E-state index is 1.04. The van der Waals surface area contributed by atoms with E-state index < -0.39 is 0 Å². The van der Waals surface area contributed by atoms with Crippen molar-refractivity contribution in [1.29, 1.82) is 0 Å². The molecule has 0 aliphatic rings. The van der Waals surface area contributed by atoms with Crippen LogP contribution in [-0.4, -0.2) is 9.97 Å². The Bertz CT molecular complexity index is 992. The Balaban J connectivity index is 1.93. The van der Waals surface area contributed by atoms with E-state index in [0.717, 1.165) is 11.0 Å². The lowest BCUT2D eigenvalue weighted by molar-refractivity contribution is 1.42. The minimum Gasteiger partial charge on any atom is -0.256 e. The topological polar surface area (TPSA) is 25.8 Å². The van der Waals surface area contributed by atoms with Gasteiger partial charge in [0.25, 0.3) is 0 Å². The van der Waals surface area contributed by atoms with E-state index in [4.69, 9.17) is 0 Å². The molecule has 5 rings (SSSR count). The van der Waals surface area contributed by atoms with Crippen LogP contribution in [0.15, 0.2) is 73.1 Å². The highest BCUT2D eigenvalue weighted by atomic mass is 14.6. The summed E-state index contributed by atoms with van der Waals surface area (Å²) in [5.41, 5.74) is 2.08. The Labute approximate surface area is 127 Å². The number of nitrogens with zero attached hydrogens (tertiary/aromatic N) is 2. The molecule has 0 amide bonds. The minimum absolute atomic E-state index is 1.04. The third kappa shape index (κ3) is 1.67. The first-order chi connectivity index (χ1) is 10.9. The number of hydrogen-bond donors (Lipinski definition) is 0. The lowest BCUT2D eigenvalue weighted by Gasteiger charge is -2.06. The summed E-state index contributed by atoms with van der Waals surface area (Å²) in [7, 11) is 0. The van der Waals surface area contributed by atoms with Gasteiger partial charge in [0.05, 0.1) is 11.0 Å². The van der Waals surface area contributed by atoms with E-state index in [9.17, 15) is 0 Å². The molecule has 0 aliphatic carbocycles. The van der Waals surface area contributed by atoms with Crippen LogP contribution in [0.25, 0.3) is 43.4 Å². The third-order valence-electron chi connectivity index (χ3n) is 4.24. The molecule has 2 heteroatoms. The molecule has 0 spiro atoms. The molecular weight excluding hydrogens is 268 g/mol. The second-order valence-corrected chi connectivity index (χ2v) is 5.64. The molecule has 0 N–H and O–H groups in total. The molecule has 2 nitrogen and oxygen atoms in total. The van der Waals surface area contributed by atoms with Crippen LogP contribution in [0.2, 0.25) is 0 Å². The van der Waals surface area contributed by atoms with E-state index in [0.29, 0.717) is 0 Å². The summed E-state index contributed by atoms with van der Waals surface area (Å²) in [6.07, 6.45) is 3.68. The largest absolute Gasteiger partial charge is 0.256 e. The average molecular weight is 280 g/mol. The molecule has 0 saturated carbocycles. The van der Waals surface area contributed by atoms with Gasteiger partial charge in [-0.2, -0.15) is 0 Å². The fourth-order valence-corrected chi connectivity index (χ4v) is 3.14. The fraction of sp³-hybridized carbons (Fsp3) is 0. The molecule has 0 fully saturated rings. The van der Waals surface area contributed by atoms with E-state index in [1.807, 2.05) is 24.5 Å². The van der Waals surface area contributed by atoms with E-state index in [1.165, 1.54) is 32.3 Å². The summed E-state index contributed by atoms with van der Waals surface area (Å²) in [5.74, 6) is 0. The number of aromatic nitrogens is 2. The van der Waals surface area contributed by atoms with Gasteiger partial charge in [0, 0.05) is 23.2 Å². The highest BCUT2D eigenvalue weighted by molar-refractivity contribution is 6.06. The van der Waals surface area contributed by atoms with Crippen molar-refractivity contribution in [1.82, 2.24) is 9.97 Å². The van der Waals surface area contributed by atoms with Crippen LogP contribution in [0.1, 0.15) is 0 Å². The van der Waals surface area contributed by atoms with Crippen LogP contribution in [0.5, 0.6) is 0 Å². The average Bonchev–Trinajstić information content (AvgIpc) is 2.56. The summed E-state index contributed by atoms with van der Waals surface area (Å²) in [6.45, 7) is 0. The first-order valence-corrected chi connectivity index (χ1v) is 7.34. The lowest BCUT2D eigenvalue weighted by atomic mass is 10.00. The zero-order chi connectivity index (χ0) is 14.5. The fourth-order valence-electron chi connectivity index (χ4n) is 3.14. The van der Waals surface area contributed by atoms with Crippen molar-refractivity contribution >= 4 is 43.4 Å². The van der Waals surface area contributed by atoms with Crippen LogP contribution in [0.4, 0.5) is 0 Å². The maximum Gasteiger partial charge on any atom is 0.0708 e. The SMILES string of the molecule is c1cnc2cc3cc4cc5cccnc5cc4cc3cc2c1. The van der Waals surface area contributed by atoms with Crippen molar-refractivity contribution in [2.75, 3.05) is 0 Å².